The molecule has 0 aromatic carbocycles. The third kappa shape index (κ3) is 8.48. The second kappa shape index (κ2) is 13.9. The Hall–Kier alpha value is 0.290. The van der Waals surface area contributed by atoms with Gasteiger partial charge in [0.25, 0.3) is 4.20 Å². The van der Waals surface area contributed by atoms with Crippen molar-refractivity contribution in [2.45, 2.75) is 39.5 Å². The van der Waals surface area contributed by atoms with E-state index in [9.17, 15) is 0 Å². The Morgan fingerprint density at radius 2 is 1.81 bits per heavy atom. The Bertz CT molecular complexity index is 417. The van der Waals surface area contributed by atoms with Crippen LogP contribution in [-0.4, -0.2) is 19.9 Å². The van der Waals surface area contributed by atoms with Crippen molar-refractivity contribution >= 4 is 65.4 Å². The summed E-state index contributed by atoms with van der Waals surface area (Å²) in [6.07, 6.45) is 15.1. The van der Waals surface area contributed by atoms with E-state index in [0.29, 0.717) is 23.3 Å². The zero-order valence-corrected chi connectivity index (χ0v) is 16.6. The molecule has 0 saturated heterocycles. The van der Waals surface area contributed by atoms with Crippen molar-refractivity contribution in [3.05, 3.63) is 0 Å². The summed E-state index contributed by atoms with van der Waals surface area (Å²) in [5.41, 5.74) is 0. The molecule has 0 saturated carbocycles. The molecule has 21 heavy (non-hydrogen) atoms. The fraction of sp³-hybridized carbons (Fsp3) is 0.625. The molecule has 2 atom stereocenters. The number of rotatable bonds is 9. The van der Waals surface area contributed by atoms with E-state index < -0.39 is 0 Å². The maximum absolute atomic E-state index is 6.09. The van der Waals surface area contributed by atoms with Gasteiger partial charge in [-0.3, -0.25) is 0 Å². The van der Waals surface area contributed by atoms with E-state index in [2.05, 4.69) is 25.7 Å². The highest BCUT2D eigenvalue weighted by Crippen LogP contribution is 2.34. The van der Waals surface area contributed by atoms with Crippen LogP contribution in [0.1, 0.15) is 39.5 Å². The van der Waals surface area contributed by atoms with Gasteiger partial charge in [-0.15, -0.1) is 24.6 Å². The van der Waals surface area contributed by atoms with Crippen LogP contribution < -0.4 is 0 Å². The Balaban J connectivity index is 5.26. The molecular weight excluding hydrogens is 356 g/mol. The molecular formula is C16H22ClS4+. The number of hydrogen-bond donors (Lipinski definition) is 0. The number of hydrogen-bond acceptors (Lipinski definition) is 3. The number of thiocarbonyl (C=S) groups is 1. The second-order valence-corrected chi connectivity index (χ2v) is 8.54. The van der Waals surface area contributed by atoms with E-state index in [4.69, 9.17) is 35.7 Å². The molecule has 5 heteroatoms. The molecule has 0 spiro atoms. The van der Waals surface area contributed by atoms with E-state index in [0.717, 1.165) is 29.9 Å². The summed E-state index contributed by atoms with van der Waals surface area (Å²) in [6.45, 7) is 4.38. The zero-order chi connectivity index (χ0) is 16.1. The third-order valence-corrected chi connectivity index (χ3v) is 7.25. The molecule has 0 rings (SSSR count). The summed E-state index contributed by atoms with van der Waals surface area (Å²) in [5, 5.41) is 0. The van der Waals surface area contributed by atoms with E-state index in [1.54, 1.807) is 23.1 Å². The molecule has 0 aliphatic heterocycles. The summed E-state index contributed by atoms with van der Waals surface area (Å²) in [6, 6.07) is 0. The van der Waals surface area contributed by atoms with E-state index in [1.807, 2.05) is 0 Å². The SMILES string of the molecule is C#CCSC(=S)C(CCC)C(CCC)C(SCl)=[S+]CC#C. The normalized spacial score (nSPS) is 14.0. The number of thioether (sulfide) groups is 1. The van der Waals surface area contributed by atoms with Gasteiger partial charge in [0.05, 0.1) is 15.9 Å². The van der Waals surface area contributed by atoms with E-state index >= 15 is 0 Å². The van der Waals surface area contributed by atoms with Crippen LogP contribution in [0, 0.1) is 36.5 Å². The summed E-state index contributed by atoms with van der Waals surface area (Å²) in [7, 11) is 7.40. The fourth-order valence-corrected chi connectivity index (χ4v) is 5.51. The van der Waals surface area contributed by atoms with Crippen LogP contribution in [0.25, 0.3) is 0 Å². The molecule has 116 valence electrons. The van der Waals surface area contributed by atoms with Gasteiger partial charge in [0.15, 0.2) is 0 Å². The quantitative estimate of drug-likeness (QED) is 0.306. The minimum atomic E-state index is 0.342. The van der Waals surface area contributed by atoms with Crippen LogP contribution >= 0.6 is 45.6 Å². The molecule has 0 heterocycles. The Morgan fingerprint density at radius 3 is 2.29 bits per heavy atom. The second-order valence-electron chi connectivity index (χ2n) is 4.49. The minimum absolute atomic E-state index is 0.342. The molecule has 0 N–H and O–H groups in total. The molecule has 0 nitrogen and oxygen atoms in total. The lowest BCUT2D eigenvalue weighted by atomic mass is 9.88. The van der Waals surface area contributed by atoms with Gasteiger partial charge < -0.3 is 0 Å². The molecule has 0 amide bonds. The van der Waals surface area contributed by atoms with E-state index in [1.165, 1.54) is 15.2 Å². The first kappa shape index (κ1) is 21.3. The maximum atomic E-state index is 6.09. The summed E-state index contributed by atoms with van der Waals surface area (Å²) < 4.78 is 2.20. The van der Waals surface area contributed by atoms with Gasteiger partial charge in [0.1, 0.15) is 0 Å². The van der Waals surface area contributed by atoms with Crippen molar-refractivity contribution in [1.29, 1.82) is 0 Å². The Kier molecular flexibility index (Phi) is 14.1. The summed E-state index contributed by atoms with van der Waals surface area (Å²) in [5.74, 6) is 7.32. The smallest absolute Gasteiger partial charge is 0.119 e. The molecule has 2 unspecified atom stereocenters. The zero-order valence-electron chi connectivity index (χ0n) is 12.6. The predicted molar refractivity (Wildman–Crippen MR) is 110 cm³/mol. The lowest BCUT2D eigenvalue weighted by Crippen LogP contribution is -2.27. The first-order valence-corrected chi connectivity index (χ1v) is 11.0. The standard InChI is InChI=1S/C16H22ClS4/c1-5-9-13(15(18)19-11-7-3)14(10-6-2)16(21-17)20-12-8-4/h3-4,13-14H,5-6,9-12H2,1-2H3/q+1. The van der Waals surface area contributed by atoms with Gasteiger partial charge in [0, 0.05) is 16.9 Å². The predicted octanol–water partition coefficient (Wildman–Crippen LogP) is 5.25. The molecule has 0 aromatic heterocycles. The van der Waals surface area contributed by atoms with E-state index in [-0.39, 0.29) is 0 Å². The molecule has 0 aliphatic rings. The van der Waals surface area contributed by atoms with Crippen molar-refractivity contribution in [1.82, 2.24) is 0 Å². The highest BCUT2D eigenvalue weighted by Gasteiger charge is 2.33. The number of terminal acetylenes is 2. The molecule has 0 fully saturated rings. The minimum Gasteiger partial charge on any atom is -0.119 e. The molecule has 0 aliphatic carbocycles. The highest BCUT2D eigenvalue weighted by molar-refractivity contribution is 8.38. The van der Waals surface area contributed by atoms with Crippen LogP contribution in [-0.2, 0) is 11.4 Å². The summed E-state index contributed by atoms with van der Waals surface area (Å²) >= 11 is 8.91. The van der Waals surface area contributed by atoms with Crippen LogP contribution in [0.4, 0.5) is 0 Å². The van der Waals surface area contributed by atoms with Crippen molar-refractivity contribution < 1.29 is 0 Å². The lowest BCUT2D eigenvalue weighted by Gasteiger charge is -2.24. The van der Waals surface area contributed by atoms with Gasteiger partial charge >= 0.3 is 0 Å². The fourth-order valence-electron chi connectivity index (χ4n) is 2.11. The molecule has 0 bridgehead atoms. The van der Waals surface area contributed by atoms with Crippen molar-refractivity contribution in [2.24, 2.45) is 11.8 Å². The maximum Gasteiger partial charge on any atom is 0.254 e. The number of halogens is 1. The van der Waals surface area contributed by atoms with Gasteiger partial charge in [-0.1, -0.05) is 44.8 Å². The Morgan fingerprint density at radius 1 is 1.19 bits per heavy atom. The monoisotopic (exact) mass is 377 g/mol. The van der Waals surface area contributed by atoms with Crippen molar-refractivity contribution in [3.8, 4) is 24.7 Å². The summed E-state index contributed by atoms with van der Waals surface area (Å²) in [4.78, 5) is 0. The van der Waals surface area contributed by atoms with Crippen molar-refractivity contribution in [3.63, 3.8) is 0 Å². The van der Waals surface area contributed by atoms with Crippen LogP contribution in [0.3, 0.4) is 0 Å². The van der Waals surface area contributed by atoms with Gasteiger partial charge in [-0.25, -0.2) is 0 Å². The van der Waals surface area contributed by atoms with Gasteiger partial charge in [-0.05, 0) is 29.4 Å². The highest BCUT2D eigenvalue weighted by atomic mass is 35.7. The molecule has 0 aromatic rings. The van der Waals surface area contributed by atoms with Crippen LogP contribution in [0.2, 0.25) is 0 Å². The van der Waals surface area contributed by atoms with Crippen molar-refractivity contribution in [2.75, 3.05) is 11.5 Å². The van der Waals surface area contributed by atoms with Crippen LogP contribution in [0.5, 0.6) is 0 Å². The topological polar surface area (TPSA) is 0 Å². The first-order valence-electron chi connectivity index (χ1n) is 6.97. The van der Waals surface area contributed by atoms with Gasteiger partial charge in [0.2, 0.25) is 17.1 Å². The third-order valence-electron chi connectivity index (χ3n) is 2.96. The molecule has 0 radical (unpaired) electrons. The largest absolute Gasteiger partial charge is 0.254 e. The van der Waals surface area contributed by atoms with Crippen LogP contribution in [0.15, 0.2) is 0 Å². The lowest BCUT2D eigenvalue weighted by molar-refractivity contribution is 0.476. The Labute approximate surface area is 152 Å². The first-order chi connectivity index (χ1) is 10.2. The average Bonchev–Trinajstić information content (AvgIpc) is 2.50. The average molecular weight is 378 g/mol. The van der Waals surface area contributed by atoms with Gasteiger partial charge in [-0.2, -0.15) is 0 Å².